The van der Waals surface area contributed by atoms with Gasteiger partial charge in [0.2, 0.25) is 0 Å². The molecular formula is C12H20N4O4. The summed E-state index contributed by atoms with van der Waals surface area (Å²) in [6.07, 6.45) is 1.53. The Morgan fingerprint density at radius 1 is 1.50 bits per heavy atom. The van der Waals surface area contributed by atoms with Gasteiger partial charge >= 0.3 is 5.97 Å². The fourth-order valence-corrected chi connectivity index (χ4v) is 1.64. The number of hydrogen-bond acceptors (Lipinski definition) is 6. The number of nitrogens with zero attached hydrogens (tertiary/aromatic N) is 3. The van der Waals surface area contributed by atoms with Crippen molar-refractivity contribution in [3.8, 4) is 0 Å². The SMILES string of the molecule is CCOC(=O)CN(CCOC)C(=O)c1nn(C)cc1N. The lowest BCUT2D eigenvalue weighted by atomic mass is 10.3. The van der Waals surface area contributed by atoms with E-state index in [-0.39, 0.29) is 31.1 Å². The molecule has 0 spiro atoms. The molecule has 0 bridgehead atoms. The number of esters is 1. The lowest BCUT2D eigenvalue weighted by molar-refractivity contribution is -0.143. The van der Waals surface area contributed by atoms with Crippen LogP contribution in [-0.2, 0) is 21.3 Å². The average Bonchev–Trinajstić information content (AvgIpc) is 2.73. The van der Waals surface area contributed by atoms with Gasteiger partial charge in [-0.2, -0.15) is 5.10 Å². The molecule has 2 N–H and O–H groups in total. The van der Waals surface area contributed by atoms with Crippen LogP contribution in [0.25, 0.3) is 0 Å². The quantitative estimate of drug-likeness (QED) is 0.687. The van der Waals surface area contributed by atoms with Crippen LogP contribution in [0, 0.1) is 0 Å². The number of aryl methyl sites for hydroxylation is 1. The first kappa shape index (κ1) is 16.0. The molecule has 20 heavy (non-hydrogen) atoms. The first-order valence-corrected chi connectivity index (χ1v) is 6.22. The van der Waals surface area contributed by atoms with Crippen molar-refractivity contribution in [3.05, 3.63) is 11.9 Å². The van der Waals surface area contributed by atoms with Gasteiger partial charge in [0, 0.05) is 26.9 Å². The highest BCUT2D eigenvalue weighted by atomic mass is 16.5. The van der Waals surface area contributed by atoms with Gasteiger partial charge in [0.25, 0.3) is 5.91 Å². The molecular weight excluding hydrogens is 264 g/mol. The summed E-state index contributed by atoms with van der Waals surface area (Å²) < 4.78 is 11.2. The van der Waals surface area contributed by atoms with E-state index < -0.39 is 11.9 Å². The number of nitrogen functional groups attached to an aromatic ring is 1. The molecule has 0 fully saturated rings. The summed E-state index contributed by atoms with van der Waals surface area (Å²) >= 11 is 0. The lowest BCUT2D eigenvalue weighted by Crippen LogP contribution is -2.39. The van der Waals surface area contributed by atoms with Crippen LogP contribution in [0.2, 0.25) is 0 Å². The van der Waals surface area contributed by atoms with Crippen LogP contribution < -0.4 is 5.73 Å². The molecule has 1 amide bonds. The minimum atomic E-state index is -0.480. The zero-order valence-corrected chi connectivity index (χ0v) is 12.0. The first-order chi connectivity index (χ1) is 9.49. The number of anilines is 1. The van der Waals surface area contributed by atoms with E-state index in [2.05, 4.69) is 5.10 Å². The molecule has 0 saturated heterocycles. The van der Waals surface area contributed by atoms with E-state index in [0.29, 0.717) is 6.61 Å². The highest BCUT2D eigenvalue weighted by molar-refractivity contribution is 5.98. The highest BCUT2D eigenvalue weighted by Crippen LogP contribution is 2.11. The van der Waals surface area contributed by atoms with Crippen molar-refractivity contribution in [2.75, 3.05) is 39.1 Å². The third-order valence-electron chi connectivity index (χ3n) is 2.54. The van der Waals surface area contributed by atoms with E-state index in [1.807, 2.05) is 0 Å². The summed E-state index contributed by atoms with van der Waals surface area (Å²) in [5, 5.41) is 4.00. The Kier molecular flexibility index (Phi) is 5.98. The van der Waals surface area contributed by atoms with E-state index in [1.54, 1.807) is 14.0 Å². The van der Waals surface area contributed by atoms with Gasteiger partial charge in [-0.1, -0.05) is 0 Å². The summed E-state index contributed by atoms with van der Waals surface area (Å²) in [5.74, 6) is -0.903. The van der Waals surface area contributed by atoms with Gasteiger partial charge in [0.1, 0.15) is 6.54 Å². The Hall–Kier alpha value is -2.09. The summed E-state index contributed by atoms with van der Waals surface area (Å²) in [6.45, 7) is 2.36. The predicted octanol–water partition coefficient (Wildman–Crippen LogP) is -0.346. The largest absolute Gasteiger partial charge is 0.465 e. The smallest absolute Gasteiger partial charge is 0.325 e. The second kappa shape index (κ2) is 7.49. The van der Waals surface area contributed by atoms with E-state index in [9.17, 15) is 9.59 Å². The third kappa shape index (κ3) is 4.23. The number of rotatable bonds is 7. The topological polar surface area (TPSA) is 99.7 Å². The first-order valence-electron chi connectivity index (χ1n) is 6.22. The van der Waals surface area contributed by atoms with E-state index in [4.69, 9.17) is 15.2 Å². The van der Waals surface area contributed by atoms with Crippen molar-refractivity contribution in [2.24, 2.45) is 7.05 Å². The van der Waals surface area contributed by atoms with E-state index >= 15 is 0 Å². The van der Waals surface area contributed by atoms with Gasteiger partial charge in [-0.25, -0.2) is 0 Å². The third-order valence-corrected chi connectivity index (χ3v) is 2.54. The van der Waals surface area contributed by atoms with Crippen molar-refractivity contribution in [1.29, 1.82) is 0 Å². The summed E-state index contributed by atoms with van der Waals surface area (Å²) in [5.41, 5.74) is 6.11. The number of methoxy groups -OCH3 is 1. The Bertz CT molecular complexity index is 472. The van der Waals surface area contributed by atoms with E-state index in [0.717, 1.165) is 0 Å². The van der Waals surface area contributed by atoms with Gasteiger partial charge in [0.15, 0.2) is 5.69 Å². The number of nitrogens with two attached hydrogens (primary N) is 1. The minimum Gasteiger partial charge on any atom is -0.465 e. The van der Waals surface area contributed by atoms with Gasteiger partial charge in [-0.15, -0.1) is 0 Å². The molecule has 0 atom stereocenters. The Labute approximate surface area is 117 Å². The average molecular weight is 284 g/mol. The molecule has 0 unspecified atom stereocenters. The summed E-state index contributed by atoms with van der Waals surface area (Å²) in [7, 11) is 3.18. The maximum Gasteiger partial charge on any atom is 0.325 e. The molecule has 0 aliphatic rings. The van der Waals surface area contributed by atoms with Crippen LogP contribution >= 0.6 is 0 Å². The van der Waals surface area contributed by atoms with Crippen molar-refractivity contribution < 1.29 is 19.1 Å². The van der Waals surface area contributed by atoms with Crippen LogP contribution in [0.3, 0.4) is 0 Å². The lowest BCUT2D eigenvalue weighted by Gasteiger charge is -2.20. The van der Waals surface area contributed by atoms with Crippen LogP contribution in [0.15, 0.2) is 6.20 Å². The molecule has 0 aliphatic carbocycles. The van der Waals surface area contributed by atoms with Crippen LogP contribution in [0.1, 0.15) is 17.4 Å². The number of hydrogen-bond donors (Lipinski definition) is 1. The van der Waals surface area contributed by atoms with Crippen molar-refractivity contribution in [3.63, 3.8) is 0 Å². The Morgan fingerprint density at radius 3 is 2.70 bits per heavy atom. The van der Waals surface area contributed by atoms with Gasteiger partial charge in [-0.05, 0) is 6.92 Å². The molecule has 8 nitrogen and oxygen atoms in total. The molecule has 0 aromatic carbocycles. The van der Waals surface area contributed by atoms with Crippen LogP contribution in [0.4, 0.5) is 5.69 Å². The molecule has 1 rings (SSSR count). The number of carbonyl (C=O) groups is 2. The monoisotopic (exact) mass is 284 g/mol. The molecule has 0 saturated carbocycles. The van der Waals surface area contributed by atoms with Crippen LogP contribution in [-0.4, -0.2) is 60.0 Å². The fraction of sp³-hybridized carbons (Fsp3) is 0.583. The molecule has 1 aromatic rings. The summed E-state index contributed by atoms with van der Waals surface area (Å²) in [6, 6.07) is 0. The minimum absolute atomic E-state index is 0.118. The van der Waals surface area contributed by atoms with Crippen molar-refractivity contribution in [1.82, 2.24) is 14.7 Å². The van der Waals surface area contributed by atoms with Gasteiger partial charge in [0.05, 0.1) is 18.9 Å². The number of amides is 1. The zero-order chi connectivity index (χ0) is 15.1. The second-order valence-corrected chi connectivity index (χ2v) is 4.13. The maximum absolute atomic E-state index is 12.3. The normalized spacial score (nSPS) is 10.3. The molecule has 0 aliphatic heterocycles. The summed E-state index contributed by atoms with van der Waals surface area (Å²) in [4.78, 5) is 25.2. The number of ether oxygens (including phenoxy) is 2. The second-order valence-electron chi connectivity index (χ2n) is 4.13. The zero-order valence-electron chi connectivity index (χ0n) is 12.0. The highest BCUT2D eigenvalue weighted by Gasteiger charge is 2.23. The molecule has 112 valence electrons. The molecule has 1 aromatic heterocycles. The predicted molar refractivity (Wildman–Crippen MR) is 72.0 cm³/mol. The molecule has 8 heteroatoms. The van der Waals surface area contributed by atoms with Gasteiger partial charge < -0.3 is 20.1 Å². The standard InChI is InChI=1S/C12H20N4O4/c1-4-20-10(17)8-16(5-6-19-3)12(18)11-9(13)7-15(2)14-11/h7H,4-6,8,13H2,1-3H3. The molecule has 1 heterocycles. The number of aromatic nitrogens is 2. The van der Waals surface area contributed by atoms with E-state index in [1.165, 1.54) is 22.9 Å². The number of carbonyl (C=O) groups excluding carboxylic acids is 2. The van der Waals surface area contributed by atoms with Crippen molar-refractivity contribution in [2.45, 2.75) is 6.92 Å². The molecule has 0 radical (unpaired) electrons. The Morgan fingerprint density at radius 2 is 2.20 bits per heavy atom. The van der Waals surface area contributed by atoms with Crippen molar-refractivity contribution >= 4 is 17.6 Å². The van der Waals surface area contributed by atoms with Crippen LogP contribution in [0.5, 0.6) is 0 Å². The fourth-order valence-electron chi connectivity index (χ4n) is 1.64. The maximum atomic E-state index is 12.3. The van der Waals surface area contributed by atoms with Gasteiger partial charge in [-0.3, -0.25) is 14.3 Å². The Balaban J connectivity index is 2.83.